The SMILES string of the molecule is CN(Cc1ncc[nH]1)S(=O)(=O)c1cncc(Br)c1. The van der Waals surface area contributed by atoms with Crippen LogP contribution in [-0.2, 0) is 16.6 Å². The third-order valence-corrected chi connectivity index (χ3v) is 4.52. The molecule has 0 bridgehead atoms. The summed E-state index contributed by atoms with van der Waals surface area (Å²) >= 11 is 3.20. The molecule has 2 heterocycles. The standard InChI is InChI=1S/C10H11BrN4O2S/c1-15(7-10-13-2-3-14-10)18(16,17)9-4-8(11)5-12-6-9/h2-6H,7H2,1H3,(H,13,14). The van der Waals surface area contributed by atoms with Crippen LogP contribution in [0.3, 0.4) is 0 Å². The average molecular weight is 331 g/mol. The van der Waals surface area contributed by atoms with Gasteiger partial charge in [-0.15, -0.1) is 0 Å². The van der Waals surface area contributed by atoms with E-state index in [9.17, 15) is 8.42 Å². The number of imidazole rings is 1. The van der Waals surface area contributed by atoms with Crippen LogP contribution in [0.4, 0.5) is 0 Å². The number of aromatic nitrogens is 3. The van der Waals surface area contributed by atoms with Gasteiger partial charge in [0.05, 0.1) is 6.54 Å². The molecule has 0 aliphatic carbocycles. The van der Waals surface area contributed by atoms with Crippen molar-refractivity contribution >= 4 is 26.0 Å². The van der Waals surface area contributed by atoms with E-state index in [1.54, 1.807) is 12.4 Å². The Bertz CT molecular complexity index is 627. The lowest BCUT2D eigenvalue weighted by atomic mass is 10.5. The predicted molar refractivity (Wildman–Crippen MR) is 69.2 cm³/mol. The summed E-state index contributed by atoms with van der Waals surface area (Å²) in [7, 11) is -2.06. The molecule has 1 N–H and O–H groups in total. The van der Waals surface area contributed by atoms with Gasteiger partial charge in [0, 0.05) is 36.3 Å². The lowest BCUT2D eigenvalue weighted by Gasteiger charge is -2.15. The fraction of sp³-hybridized carbons (Fsp3) is 0.200. The first-order valence-electron chi connectivity index (χ1n) is 5.05. The highest BCUT2D eigenvalue weighted by Gasteiger charge is 2.22. The highest BCUT2D eigenvalue weighted by molar-refractivity contribution is 9.10. The average Bonchev–Trinajstić information content (AvgIpc) is 2.81. The molecule has 0 saturated carbocycles. The highest BCUT2D eigenvalue weighted by atomic mass is 79.9. The highest BCUT2D eigenvalue weighted by Crippen LogP contribution is 2.18. The van der Waals surface area contributed by atoms with Gasteiger partial charge in [-0.1, -0.05) is 0 Å². The molecule has 0 atom stereocenters. The molecule has 96 valence electrons. The summed E-state index contributed by atoms with van der Waals surface area (Å²) in [5, 5.41) is 0. The van der Waals surface area contributed by atoms with Crippen molar-refractivity contribution in [2.24, 2.45) is 0 Å². The molecule has 6 nitrogen and oxygen atoms in total. The van der Waals surface area contributed by atoms with Gasteiger partial charge in [0.2, 0.25) is 10.0 Å². The van der Waals surface area contributed by atoms with E-state index < -0.39 is 10.0 Å². The Kier molecular flexibility index (Phi) is 3.79. The maximum atomic E-state index is 12.2. The van der Waals surface area contributed by atoms with E-state index in [4.69, 9.17) is 0 Å². The van der Waals surface area contributed by atoms with Crippen LogP contribution in [0.25, 0.3) is 0 Å². The Labute approximate surface area is 113 Å². The second-order valence-electron chi connectivity index (χ2n) is 3.64. The van der Waals surface area contributed by atoms with Crippen molar-refractivity contribution < 1.29 is 8.42 Å². The molecule has 0 radical (unpaired) electrons. The van der Waals surface area contributed by atoms with E-state index in [1.165, 1.54) is 29.8 Å². The van der Waals surface area contributed by atoms with Gasteiger partial charge in [-0.3, -0.25) is 4.98 Å². The van der Waals surface area contributed by atoms with E-state index >= 15 is 0 Å². The van der Waals surface area contributed by atoms with Crippen LogP contribution in [-0.4, -0.2) is 34.7 Å². The zero-order valence-corrected chi connectivity index (χ0v) is 11.9. The van der Waals surface area contributed by atoms with Crippen molar-refractivity contribution in [3.05, 3.63) is 41.2 Å². The number of hydrogen-bond acceptors (Lipinski definition) is 4. The van der Waals surface area contributed by atoms with Crippen molar-refractivity contribution in [2.75, 3.05) is 7.05 Å². The molecule has 8 heteroatoms. The molecule has 0 spiro atoms. The van der Waals surface area contributed by atoms with E-state index in [-0.39, 0.29) is 11.4 Å². The van der Waals surface area contributed by atoms with E-state index in [2.05, 4.69) is 30.9 Å². The van der Waals surface area contributed by atoms with Crippen molar-refractivity contribution in [2.45, 2.75) is 11.4 Å². The first kappa shape index (κ1) is 13.2. The molecular weight excluding hydrogens is 320 g/mol. The number of nitrogens with zero attached hydrogens (tertiary/aromatic N) is 3. The molecule has 18 heavy (non-hydrogen) atoms. The number of H-pyrrole nitrogens is 1. The molecule has 0 saturated heterocycles. The largest absolute Gasteiger partial charge is 0.347 e. The monoisotopic (exact) mass is 330 g/mol. The Morgan fingerprint density at radius 3 is 2.83 bits per heavy atom. The third-order valence-electron chi connectivity index (χ3n) is 2.32. The van der Waals surface area contributed by atoms with Crippen LogP contribution in [0.5, 0.6) is 0 Å². The van der Waals surface area contributed by atoms with Crippen molar-refractivity contribution in [3.63, 3.8) is 0 Å². The van der Waals surface area contributed by atoms with E-state index in [0.717, 1.165) is 0 Å². The van der Waals surface area contributed by atoms with Gasteiger partial charge in [0.1, 0.15) is 10.7 Å². The molecule has 0 aliphatic rings. The first-order chi connectivity index (χ1) is 8.50. The lowest BCUT2D eigenvalue weighted by Crippen LogP contribution is -2.27. The van der Waals surface area contributed by atoms with Crippen LogP contribution in [0.2, 0.25) is 0 Å². The maximum Gasteiger partial charge on any atom is 0.244 e. The van der Waals surface area contributed by atoms with Gasteiger partial charge in [-0.2, -0.15) is 4.31 Å². The minimum absolute atomic E-state index is 0.144. The van der Waals surface area contributed by atoms with Gasteiger partial charge in [-0.25, -0.2) is 13.4 Å². The van der Waals surface area contributed by atoms with Crippen molar-refractivity contribution in [1.29, 1.82) is 0 Å². The van der Waals surface area contributed by atoms with E-state index in [0.29, 0.717) is 10.3 Å². The Morgan fingerprint density at radius 2 is 2.22 bits per heavy atom. The number of nitrogens with one attached hydrogen (secondary N) is 1. The topological polar surface area (TPSA) is 79.0 Å². The Balaban J connectivity index is 2.25. The summed E-state index contributed by atoms with van der Waals surface area (Å²) in [5.41, 5.74) is 0. The normalized spacial score (nSPS) is 11.9. The van der Waals surface area contributed by atoms with Gasteiger partial charge in [0.25, 0.3) is 0 Å². The van der Waals surface area contributed by atoms with Crippen LogP contribution in [0.15, 0.2) is 40.2 Å². The van der Waals surface area contributed by atoms with Crippen LogP contribution in [0, 0.1) is 0 Å². The molecule has 0 fully saturated rings. The second kappa shape index (κ2) is 5.17. The number of aromatic amines is 1. The Hall–Kier alpha value is -1.25. The fourth-order valence-corrected chi connectivity index (χ4v) is 3.03. The summed E-state index contributed by atoms with van der Waals surface area (Å²) < 4.78 is 26.3. The molecule has 0 unspecified atom stereocenters. The second-order valence-corrected chi connectivity index (χ2v) is 6.60. The summed E-state index contributed by atoms with van der Waals surface area (Å²) in [5.74, 6) is 0.587. The zero-order chi connectivity index (χ0) is 13.2. The van der Waals surface area contributed by atoms with Gasteiger partial charge < -0.3 is 4.98 Å². The number of pyridine rings is 1. The molecular formula is C10H11BrN4O2S. The predicted octanol–water partition coefficient (Wildman–Crippen LogP) is 1.39. The molecule has 2 aromatic heterocycles. The Morgan fingerprint density at radius 1 is 1.44 bits per heavy atom. The summed E-state index contributed by atoms with van der Waals surface area (Å²) in [6, 6.07) is 1.51. The number of sulfonamides is 1. The minimum atomic E-state index is -3.56. The lowest BCUT2D eigenvalue weighted by molar-refractivity contribution is 0.458. The van der Waals surface area contributed by atoms with Crippen molar-refractivity contribution in [1.82, 2.24) is 19.3 Å². The molecule has 0 amide bonds. The van der Waals surface area contributed by atoms with Crippen LogP contribution < -0.4 is 0 Å². The van der Waals surface area contributed by atoms with Crippen molar-refractivity contribution in [3.8, 4) is 0 Å². The van der Waals surface area contributed by atoms with Crippen LogP contribution in [0.1, 0.15) is 5.82 Å². The molecule has 2 aromatic rings. The molecule has 0 aromatic carbocycles. The summed E-state index contributed by atoms with van der Waals surface area (Å²) in [6.45, 7) is 0.182. The van der Waals surface area contributed by atoms with Gasteiger partial charge >= 0.3 is 0 Å². The molecule has 2 rings (SSSR count). The smallest absolute Gasteiger partial charge is 0.244 e. The quantitative estimate of drug-likeness (QED) is 0.918. The summed E-state index contributed by atoms with van der Waals surface area (Å²) in [6.07, 6.45) is 6.08. The zero-order valence-electron chi connectivity index (χ0n) is 9.54. The summed E-state index contributed by atoms with van der Waals surface area (Å²) in [4.78, 5) is 10.9. The number of hydrogen-bond donors (Lipinski definition) is 1. The minimum Gasteiger partial charge on any atom is -0.347 e. The van der Waals surface area contributed by atoms with Crippen LogP contribution >= 0.6 is 15.9 Å². The number of halogens is 1. The van der Waals surface area contributed by atoms with Gasteiger partial charge in [-0.05, 0) is 22.0 Å². The van der Waals surface area contributed by atoms with Gasteiger partial charge in [0.15, 0.2) is 0 Å². The third kappa shape index (κ3) is 2.77. The maximum absolute atomic E-state index is 12.2. The number of rotatable bonds is 4. The fourth-order valence-electron chi connectivity index (χ4n) is 1.39. The molecule has 0 aliphatic heterocycles. The first-order valence-corrected chi connectivity index (χ1v) is 7.28. The van der Waals surface area contributed by atoms with E-state index in [1.807, 2.05) is 0 Å².